The fourth-order valence-corrected chi connectivity index (χ4v) is 4.48. The van der Waals surface area contributed by atoms with Gasteiger partial charge in [-0.25, -0.2) is 9.59 Å². The second kappa shape index (κ2) is 12.5. The number of anilines is 1. The first-order chi connectivity index (χ1) is 19.5. The van der Waals surface area contributed by atoms with Gasteiger partial charge in [-0.05, 0) is 76.2 Å². The second-order valence-electron chi connectivity index (χ2n) is 8.89. The molecule has 0 saturated carbocycles. The predicted molar refractivity (Wildman–Crippen MR) is 151 cm³/mol. The van der Waals surface area contributed by atoms with E-state index in [2.05, 4.69) is 42.9 Å². The summed E-state index contributed by atoms with van der Waals surface area (Å²) < 4.78 is 58.5. The summed E-state index contributed by atoms with van der Waals surface area (Å²) in [4.78, 5) is 29.4. The number of aromatic nitrogens is 1. The Kier molecular flexibility index (Phi) is 9.11. The zero-order chi connectivity index (χ0) is 29.6. The standard InChI is InChI=1S/C29H22F4IN3O4/c30-26(31)29(32,33)41-23-11-5-9-20(15-23)28(16-18-6-2-1-3-7-18,24-13-12-21(34)17-35-24)37-27(40)36-22-10-4-8-19(14-22)25(38)39/h1-15,17,26H,16H2,(H,38,39)(H2,36,37,40)/t28-/m0/s1. The summed E-state index contributed by atoms with van der Waals surface area (Å²) in [6, 6.07) is 22.3. The lowest BCUT2D eigenvalue weighted by atomic mass is 9.80. The van der Waals surface area contributed by atoms with Crippen molar-refractivity contribution in [2.75, 3.05) is 5.32 Å². The molecule has 212 valence electrons. The number of aromatic carboxylic acids is 1. The van der Waals surface area contributed by atoms with E-state index in [9.17, 15) is 32.3 Å². The van der Waals surface area contributed by atoms with Crippen LogP contribution >= 0.6 is 22.6 Å². The van der Waals surface area contributed by atoms with Crippen LogP contribution in [0.5, 0.6) is 5.75 Å². The number of nitrogens with zero attached hydrogens (tertiary/aromatic N) is 1. The Bertz CT molecular complexity index is 1520. The molecule has 0 spiro atoms. The summed E-state index contributed by atoms with van der Waals surface area (Å²) in [5.74, 6) is -1.74. The lowest BCUT2D eigenvalue weighted by Gasteiger charge is -2.35. The van der Waals surface area contributed by atoms with Crippen molar-refractivity contribution < 1.29 is 37.0 Å². The Morgan fingerprint density at radius 2 is 1.68 bits per heavy atom. The van der Waals surface area contributed by atoms with Gasteiger partial charge in [0.05, 0.1) is 11.3 Å². The highest BCUT2D eigenvalue weighted by molar-refractivity contribution is 14.1. The molecule has 41 heavy (non-hydrogen) atoms. The van der Waals surface area contributed by atoms with Crippen LogP contribution in [0, 0.1) is 3.57 Å². The Labute approximate surface area is 245 Å². The van der Waals surface area contributed by atoms with E-state index < -0.39 is 35.8 Å². The molecule has 1 heterocycles. The molecule has 12 heteroatoms. The molecule has 0 saturated heterocycles. The van der Waals surface area contributed by atoms with E-state index in [1.807, 2.05) is 0 Å². The molecule has 0 radical (unpaired) electrons. The van der Waals surface area contributed by atoms with Crippen molar-refractivity contribution in [1.29, 1.82) is 0 Å². The van der Waals surface area contributed by atoms with Crippen molar-refractivity contribution in [2.45, 2.75) is 24.5 Å². The molecule has 0 bridgehead atoms. The molecule has 7 nitrogen and oxygen atoms in total. The summed E-state index contributed by atoms with van der Waals surface area (Å²) >= 11 is 2.05. The third-order valence-electron chi connectivity index (χ3n) is 6.01. The molecule has 2 amide bonds. The van der Waals surface area contributed by atoms with Gasteiger partial charge in [0.2, 0.25) is 0 Å². The second-order valence-corrected chi connectivity index (χ2v) is 10.1. The number of urea groups is 1. The van der Waals surface area contributed by atoms with Gasteiger partial charge in [0.15, 0.2) is 0 Å². The zero-order valence-electron chi connectivity index (χ0n) is 21.0. The van der Waals surface area contributed by atoms with Crippen molar-refractivity contribution >= 4 is 40.3 Å². The molecule has 1 atom stereocenters. The smallest absolute Gasteiger partial charge is 0.461 e. The average Bonchev–Trinajstić information content (AvgIpc) is 2.93. The quantitative estimate of drug-likeness (QED) is 0.125. The van der Waals surface area contributed by atoms with Crippen LogP contribution < -0.4 is 15.4 Å². The molecule has 3 N–H and O–H groups in total. The van der Waals surface area contributed by atoms with Crippen molar-refractivity contribution in [3.8, 4) is 5.75 Å². The van der Waals surface area contributed by atoms with Gasteiger partial charge in [-0.15, -0.1) is 0 Å². The van der Waals surface area contributed by atoms with Gasteiger partial charge in [0.25, 0.3) is 0 Å². The number of hydrogen-bond acceptors (Lipinski definition) is 4. The Balaban J connectivity index is 1.83. The van der Waals surface area contributed by atoms with E-state index in [-0.39, 0.29) is 23.2 Å². The Hall–Kier alpha value is -4.20. The van der Waals surface area contributed by atoms with Gasteiger partial charge in [0, 0.05) is 21.9 Å². The molecule has 0 fully saturated rings. The third kappa shape index (κ3) is 7.31. The van der Waals surface area contributed by atoms with E-state index in [1.54, 1.807) is 48.7 Å². The number of benzene rings is 3. The monoisotopic (exact) mass is 679 g/mol. The highest BCUT2D eigenvalue weighted by atomic mass is 127. The van der Waals surface area contributed by atoms with Crippen LogP contribution in [0.4, 0.5) is 28.0 Å². The van der Waals surface area contributed by atoms with Crippen LogP contribution in [0.25, 0.3) is 0 Å². The molecule has 3 aromatic carbocycles. The number of nitrogens with one attached hydrogen (secondary N) is 2. The van der Waals surface area contributed by atoms with E-state index in [4.69, 9.17) is 0 Å². The number of alkyl halides is 4. The van der Waals surface area contributed by atoms with E-state index in [0.29, 0.717) is 5.69 Å². The number of amides is 2. The van der Waals surface area contributed by atoms with Crippen LogP contribution in [-0.4, -0.2) is 34.6 Å². The fraction of sp³-hybridized carbons (Fsp3) is 0.138. The number of pyridine rings is 1. The first-order valence-corrected chi connectivity index (χ1v) is 13.1. The maximum atomic E-state index is 13.8. The molecule has 1 aromatic heterocycles. The van der Waals surface area contributed by atoms with E-state index >= 15 is 0 Å². The van der Waals surface area contributed by atoms with Gasteiger partial charge in [0.1, 0.15) is 11.3 Å². The van der Waals surface area contributed by atoms with E-state index in [1.165, 1.54) is 36.4 Å². The van der Waals surface area contributed by atoms with Gasteiger partial charge in [-0.3, -0.25) is 4.98 Å². The van der Waals surface area contributed by atoms with Crippen LogP contribution in [0.1, 0.15) is 27.2 Å². The number of carbonyl (C=O) groups excluding carboxylic acids is 1. The minimum Gasteiger partial charge on any atom is -0.478 e. The van der Waals surface area contributed by atoms with Gasteiger partial charge in [-0.2, -0.15) is 17.6 Å². The average molecular weight is 679 g/mol. The molecule has 0 aliphatic heterocycles. The van der Waals surface area contributed by atoms with Crippen molar-refractivity contribution in [1.82, 2.24) is 10.3 Å². The van der Waals surface area contributed by atoms with Crippen LogP contribution in [0.3, 0.4) is 0 Å². The summed E-state index contributed by atoms with van der Waals surface area (Å²) in [6.45, 7) is 0. The summed E-state index contributed by atoms with van der Waals surface area (Å²) in [5, 5.41) is 14.8. The summed E-state index contributed by atoms with van der Waals surface area (Å²) in [6.07, 6.45) is -7.19. The molecule has 4 aromatic rings. The predicted octanol–water partition coefficient (Wildman–Crippen LogP) is 6.93. The highest BCUT2D eigenvalue weighted by Gasteiger charge is 2.44. The van der Waals surface area contributed by atoms with Crippen molar-refractivity contribution in [2.24, 2.45) is 0 Å². The normalized spacial score (nSPS) is 12.8. The topological polar surface area (TPSA) is 101 Å². The zero-order valence-corrected chi connectivity index (χ0v) is 23.2. The Morgan fingerprint density at radius 3 is 2.34 bits per heavy atom. The Morgan fingerprint density at radius 1 is 0.951 bits per heavy atom. The molecule has 0 aliphatic carbocycles. The first-order valence-electron chi connectivity index (χ1n) is 12.0. The lowest BCUT2D eigenvalue weighted by Crippen LogP contribution is -2.50. The van der Waals surface area contributed by atoms with Gasteiger partial charge in [-0.1, -0.05) is 48.5 Å². The number of ether oxygens (including phenoxy) is 1. The molecule has 0 aliphatic rings. The van der Waals surface area contributed by atoms with Crippen LogP contribution in [-0.2, 0) is 12.0 Å². The minimum atomic E-state index is -4.75. The number of hydrogen-bond donors (Lipinski definition) is 3. The fourth-order valence-electron chi connectivity index (χ4n) is 4.16. The third-order valence-corrected chi connectivity index (χ3v) is 6.64. The number of carboxylic acid groups (broad SMARTS) is 1. The number of carbonyl (C=O) groups is 2. The number of carboxylic acids is 1. The number of halogens is 5. The SMILES string of the molecule is O=C(Nc1cccc(C(=O)O)c1)N[C@@](Cc1ccccc1)(c1cccc(OC(F)(F)C(F)F)c1)c1ccc(I)cn1. The summed E-state index contributed by atoms with van der Waals surface area (Å²) in [7, 11) is 0. The van der Waals surface area contributed by atoms with Crippen LogP contribution in [0.15, 0.2) is 97.2 Å². The van der Waals surface area contributed by atoms with Gasteiger partial charge < -0.3 is 20.5 Å². The highest BCUT2D eigenvalue weighted by Crippen LogP contribution is 2.36. The molecular formula is C29H22F4IN3O4. The molecular weight excluding hydrogens is 657 g/mol. The summed E-state index contributed by atoms with van der Waals surface area (Å²) in [5.41, 5.74) is -0.145. The maximum absolute atomic E-state index is 13.8. The van der Waals surface area contributed by atoms with Gasteiger partial charge >= 0.3 is 24.5 Å². The molecule has 0 unspecified atom stereocenters. The maximum Gasteiger partial charge on any atom is 0.461 e. The van der Waals surface area contributed by atoms with Crippen molar-refractivity contribution in [3.63, 3.8) is 0 Å². The molecule has 4 rings (SSSR count). The van der Waals surface area contributed by atoms with E-state index in [0.717, 1.165) is 21.3 Å². The number of rotatable bonds is 10. The largest absolute Gasteiger partial charge is 0.478 e. The lowest BCUT2D eigenvalue weighted by molar-refractivity contribution is -0.253. The first kappa shape index (κ1) is 29.8. The van der Waals surface area contributed by atoms with Crippen LogP contribution in [0.2, 0.25) is 0 Å². The van der Waals surface area contributed by atoms with Crippen molar-refractivity contribution in [3.05, 3.63) is 123 Å². The minimum absolute atomic E-state index is 0.0533.